The summed E-state index contributed by atoms with van der Waals surface area (Å²) in [6.45, 7) is 0. The van der Waals surface area contributed by atoms with Gasteiger partial charge in [-0.15, -0.1) is 0 Å². The summed E-state index contributed by atoms with van der Waals surface area (Å²) in [6.07, 6.45) is 4.09. The molecule has 1 rings (SSSR count). The molecule has 0 aliphatic heterocycles. The molecule has 3 heteroatoms. The summed E-state index contributed by atoms with van der Waals surface area (Å²) in [5.74, 6) is 0. The van der Waals surface area contributed by atoms with E-state index in [2.05, 4.69) is 11.2 Å². The second-order valence-corrected chi connectivity index (χ2v) is 1.27. The molecule has 1 aromatic rings. The Kier molecular flexibility index (Phi) is 1.44. The SMILES string of the molecule is ONc1[c]nccc1. The molecule has 0 saturated heterocycles. The Bertz CT molecular complexity index is 152. The molecule has 0 fully saturated rings. The average molecular weight is 109 g/mol. The molecule has 0 atom stereocenters. The fourth-order valence-corrected chi connectivity index (χ4v) is 0.389. The van der Waals surface area contributed by atoms with E-state index in [0.29, 0.717) is 5.69 Å². The van der Waals surface area contributed by atoms with Crippen molar-refractivity contribution in [1.82, 2.24) is 4.98 Å². The summed E-state index contributed by atoms with van der Waals surface area (Å²) in [5, 5.41) is 8.22. The Morgan fingerprint density at radius 3 is 3.00 bits per heavy atom. The highest BCUT2D eigenvalue weighted by Crippen LogP contribution is 1.97. The smallest absolute Gasteiger partial charge is 0.116 e. The number of hydrogen-bond acceptors (Lipinski definition) is 3. The van der Waals surface area contributed by atoms with Gasteiger partial charge in [-0.05, 0) is 12.1 Å². The van der Waals surface area contributed by atoms with Gasteiger partial charge in [-0.3, -0.25) is 15.7 Å². The van der Waals surface area contributed by atoms with Crippen LogP contribution in [0, 0.1) is 6.20 Å². The minimum atomic E-state index is 0.479. The first-order valence-corrected chi connectivity index (χ1v) is 2.16. The zero-order valence-electron chi connectivity index (χ0n) is 4.13. The van der Waals surface area contributed by atoms with Crippen molar-refractivity contribution in [3.63, 3.8) is 0 Å². The lowest BCUT2D eigenvalue weighted by Gasteiger charge is -1.90. The molecule has 3 nitrogen and oxygen atoms in total. The first kappa shape index (κ1) is 5.05. The quantitative estimate of drug-likeness (QED) is 0.521. The molecular formula is C5H5N2O. The van der Waals surface area contributed by atoms with Crippen LogP contribution in [0.25, 0.3) is 0 Å². The van der Waals surface area contributed by atoms with E-state index in [-0.39, 0.29) is 0 Å². The van der Waals surface area contributed by atoms with Gasteiger partial charge in [0.05, 0.1) is 5.69 Å². The topological polar surface area (TPSA) is 45.1 Å². The van der Waals surface area contributed by atoms with Crippen molar-refractivity contribution in [2.75, 3.05) is 5.48 Å². The van der Waals surface area contributed by atoms with E-state index < -0.39 is 0 Å². The fourth-order valence-electron chi connectivity index (χ4n) is 0.389. The van der Waals surface area contributed by atoms with Crippen LogP contribution in [0.5, 0.6) is 0 Å². The number of rotatable bonds is 1. The van der Waals surface area contributed by atoms with Gasteiger partial charge in [-0.25, -0.2) is 0 Å². The van der Waals surface area contributed by atoms with Gasteiger partial charge in [0.2, 0.25) is 0 Å². The van der Waals surface area contributed by atoms with Crippen LogP contribution in [-0.2, 0) is 0 Å². The summed E-state index contributed by atoms with van der Waals surface area (Å²) in [5.41, 5.74) is 2.39. The van der Waals surface area contributed by atoms with E-state index in [1.807, 2.05) is 5.48 Å². The predicted molar refractivity (Wildman–Crippen MR) is 28.5 cm³/mol. The Labute approximate surface area is 46.9 Å². The molecule has 0 aliphatic carbocycles. The maximum atomic E-state index is 8.22. The monoisotopic (exact) mass is 109 g/mol. The van der Waals surface area contributed by atoms with Crippen molar-refractivity contribution < 1.29 is 5.21 Å². The Hall–Kier alpha value is -1.09. The molecule has 0 spiro atoms. The Balaban J connectivity index is 2.83. The maximum absolute atomic E-state index is 8.22. The van der Waals surface area contributed by atoms with Gasteiger partial charge in [0.15, 0.2) is 0 Å². The van der Waals surface area contributed by atoms with E-state index in [9.17, 15) is 0 Å². The largest absolute Gasteiger partial charge is 0.291 e. The summed E-state index contributed by atoms with van der Waals surface area (Å²) < 4.78 is 0. The van der Waals surface area contributed by atoms with E-state index in [1.165, 1.54) is 0 Å². The minimum absolute atomic E-state index is 0.479. The highest BCUT2D eigenvalue weighted by atomic mass is 16.5. The highest BCUT2D eigenvalue weighted by Gasteiger charge is 1.81. The van der Waals surface area contributed by atoms with Crippen molar-refractivity contribution in [2.45, 2.75) is 0 Å². The van der Waals surface area contributed by atoms with Gasteiger partial charge in [0.25, 0.3) is 0 Å². The first-order chi connectivity index (χ1) is 3.93. The Morgan fingerprint density at radius 2 is 2.62 bits per heavy atom. The standard InChI is InChI=1S/C5H5N2O/c8-7-5-2-1-3-6-4-5/h1-3,7-8H. The molecule has 1 radical (unpaired) electrons. The molecule has 0 amide bonds. The lowest BCUT2D eigenvalue weighted by atomic mass is 10.4. The van der Waals surface area contributed by atoms with Crippen LogP contribution in [-0.4, -0.2) is 10.2 Å². The third-order valence-corrected chi connectivity index (χ3v) is 0.729. The van der Waals surface area contributed by atoms with Crippen LogP contribution < -0.4 is 5.48 Å². The van der Waals surface area contributed by atoms with Gasteiger partial charge in [0.1, 0.15) is 6.20 Å². The van der Waals surface area contributed by atoms with Gasteiger partial charge >= 0.3 is 0 Å². The van der Waals surface area contributed by atoms with Crippen molar-refractivity contribution in [3.8, 4) is 0 Å². The highest BCUT2D eigenvalue weighted by molar-refractivity contribution is 5.35. The summed E-state index contributed by atoms with van der Waals surface area (Å²) >= 11 is 0. The molecule has 0 unspecified atom stereocenters. The maximum Gasteiger partial charge on any atom is 0.116 e. The molecular weight excluding hydrogens is 104 g/mol. The van der Waals surface area contributed by atoms with Crippen LogP contribution in [0.1, 0.15) is 0 Å². The molecule has 0 aliphatic rings. The van der Waals surface area contributed by atoms with Crippen LogP contribution in [0.3, 0.4) is 0 Å². The van der Waals surface area contributed by atoms with E-state index in [4.69, 9.17) is 5.21 Å². The minimum Gasteiger partial charge on any atom is -0.291 e. The molecule has 8 heavy (non-hydrogen) atoms. The number of nitrogens with zero attached hydrogens (tertiary/aromatic N) is 1. The first-order valence-electron chi connectivity index (χ1n) is 2.16. The van der Waals surface area contributed by atoms with E-state index >= 15 is 0 Å². The third-order valence-electron chi connectivity index (χ3n) is 0.729. The lowest BCUT2D eigenvalue weighted by Crippen LogP contribution is -1.88. The van der Waals surface area contributed by atoms with Crippen LogP contribution in [0.2, 0.25) is 0 Å². The summed E-state index contributed by atoms with van der Waals surface area (Å²) in [6, 6.07) is 3.36. The Morgan fingerprint density at radius 1 is 1.75 bits per heavy atom. The molecule has 2 N–H and O–H groups in total. The predicted octanol–water partition coefficient (Wildman–Crippen LogP) is 0.683. The molecule has 41 valence electrons. The number of nitrogens with one attached hydrogen (secondary N) is 1. The fraction of sp³-hybridized carbons (Fsp3) is 0. The van der Waals surface area contributed by atoms with Gasteiger partial charge in [-0.2, -0.15) is 0 Å². The molecule has 1 aromatic heterocycles. The number of aromatic nitrogens is 1. The second kappa shape index (κ2) is 2.28. The van der Waals surface area contributed by atoms with Crippen molar-refractivity contribution in [1.29, 1.82) is 0 Å². The number of anilines is 1. The summed E-state index contributed by atoms with van der Waals surface area (Å²) in [4.78, 5) is 3.61. The molecule has 0 bridgehead atoms. The zero-order chi connectivity index (χ0) is 5.82. The number of hydrogen-bond donors (Lipinski definition) is 2. The summed E-state index contributed by atoms with van der Waals surface area (Å²) in [7, 11) is 0. The van der Waals surface area contributed by atoms with Crippen molar-refractivity contribution in [2.24, 2.45) is 0 Å². The zero-order valence-corrected chi connectivity index (χ0v) is 4.13. The number of pyridine rings is 1. The van der Waals surface area contributed by atoms with Crippen LogP contribution in [0.15, 0.2) is 18.3 Å². The van der Waals surface area contributed by atoms with Gasteiger partial charge in [0, 0.05) is 6.20 Å². The van der Waals surface area contributed by atoms with Crippen LogP contribution >= 0.6 is 0 Å². The van der Waals surface area contributed by atoms with Gasteiger partial charge in [-0.1, -0.05) is 0 Å². The average Bonchev–Trinajstić information content (AvgIpc) is 1.90. The second-order valence-electron chi connectivity index (χ2n) is 1.27. The van der Waals surface area contributed by atoms with Gasteiger partial charge < -0.3 is 0 Å². The van der Waals surface area contributed by atoms with Crippen molar-refractivity contribution >= 4 is 5.69 Å². The lowest BCUT2D eigenvalue weighted by molar-refractivity contribution is 0.388. The third kappa shape index (κ3) is 0.946. The molecule has 1 heterocycles. The molecule has 0 aromatic carbocycles. The molecule has 0 saturated carbocycles. The van der Waals surface area contributed by atoms with E-state index in [1.54, 1.807) is 18.3 Å². The normalized spacial score (nSPS) is 8.62. The van der Waals surface area contributed by atoms with Crippen LogP contribution in [0.4, 0.5) is 5.69 Å². The van der Waals surface area contributed by atoms with Crippen molar-refractivity contribution in [3.05, 3.63) is 24.5 Å². The van der Waals surface area contributed by atoms with E-state index in [0.717, 1.165) is 0 Å².